The van der Waals surface area contributed by atoms with Gasteiger partial charge in [0.05, 0.1) is 8.49 Å². The van der Waals surface area contributed by atoms with Crippen LogP contribution in [0.1, 0.15) is 0 Å². The number of nitro benzene ring substituents is 1. The van der Waals surface area contributed by atoms with E-state index in [2.05, 4.69) is 0 Å². The van der Waals surface area contributed by atoms with E-state index in [4.69, 9.17) is 0 Å². The number of rotatable bonds is 1. The Labute approximate surface area is 78.5 Å². The molecule has 0 radical (unpaired) electrons. The van der Waals surface area contributed by atoms with E-state index in [-0.39, 0.29) is 10.6 Å². The van der Waals surface area contributed by atoms with Gasteiger partial charge in [0.1, 0.15) is 7.85 Å². The van der Waals surface area contributed by atoms with E-state index in [0.717, 1.165) is 5.46 Å². The molecule has 1 aromatic rings. The fraction of sp³-hybridized carbons (Fsp3) is 0. The molecule has 0 bridgehead atoms. The molecule has 0 heterocycles. The van der Waals surface area contributed by atoms with Crippen molar-refractivity contribution in [3.63, 3.8) is 0 Å². The first-order chi connectivity index (χ1) is 5.11. The van der Waals surface area contributed by atoms with Crippen LogP contribution in [0.2, 0.25) is 0 Å². The van der Waals surface area contributed by atoms with Crippen LogP contribution in [0.3, 0.4) is 0 Å². The summed E-state index contributed by atoms with van der Waals surface area (Å²) in [4.78, 5) is 9.96. The van der Waals surface area contributed by atoms with Crippen LogP contribution in [-0.4, -0.2) is 12.8 Å². The molecule has 0 saturated heterocycles. The monoisotopic (exact) mass is 261 g/mol. The fourth-order valence-electron chi connectivity index (χ4n) is 0.760. The van der Waals surface area contributed by atoms with Gasteiger partial charge in [-0.1, -0.05) is 11.5 Å². The van der Waals surface area contributed by atoms with Gasteiger partial charge in [-0.2, -0.15) is 0 Å². The van der Waals surface area contributed by atoms with Crippen LogP contribution in [-0.2, 0) is 0 Å². The van der Waals surface area contributed by atoms with Crippen molar-refractivity contribution in [3.05, 3.63) is 31.9 Å². The highest BCUT2D eigenvalue weighted by Crippen LogP contribution is 2.17. The molecule has 56 valence electrons. The third-order valence-corrected chi connectivity index (χ3v) is 2.16. The molecule has 0 saturated carbocycles. The zero-order valence-corrected chi connectivity index (χ0v) is 8.03. The lowest BCUT2D eigenvalue weighted by molar-refractivity contribution is -0.385. The summed E-state index contributed by atoms with van der Waals surface area (Å²) in [6, 6.07) is 5.05. The number of hydrogen-bond donors (Lipinski definition) is 0. The van der Waals surface area contributed by atoms with E-state index in [1.165, 1.54) is 6.07 Å². The topological polar surface area (TPSA) is 43.1 Å². The van der Waals surface area contributed by atoms with Gasteiger partial charge in [-0.25, -0.2) is 0 Å². The van der Waals surface area contributed by atoms with Crippen molar-refractivity contribution in [3.8, 4) is 0 Å². The molecule has 0 spiro atoms. The Bertz CT molecular complexity index is 303. The zero-order valence-electron chi connectivity index (χ0n) is 5.87. The average molecular weight is 261 g/mol. The highest BCUT2D eigenvalue weighted by Gasteiger charge is 2.09. The molecule has 0 amide bonds. The molecule has 1 aromatic carbocycles. The SMILES string of the molecule is Bc1ccc([N+](=O)[O-])c(I)c1. The fourth-order valence-corrected chi connectivity index (χ4v) is 1.63. The van der Waals surface area contributed by atoms with Gasteiger partial charge in [0.25, 0.3) is 5.69 Å². The molecular formula is C6H5BINO2. The maximum Gasteiger partial charge on any atom is 0.282 e. The van der Waals surface area contributed by atoms with Gasteiger partial charge >= 0.3 is 0 Å². The van der Waals surface area contributed by atoms with E-state index in [1.54, 1.807) is 12.1 Å². The largest absolute Gasteiger partial charge is 0.282 e. The summed E-state index contributed by atoms with van der Waals surface area (Å²) in [6.07, 6.45) is 0. The molecule has 0 unspecified atom stereocenters. The number of nitrogens with zero attached hydrogens (tertiary/aromatic N) is 1. The van der Waals surface area contributed by atoms with Gasteiger partial charge in [0.2, 0.25) is 0 Å². The Morgan fingerprint density at radius 1 is 1.55 bits per heavy atom. The van der Waals surface area contributed by atoms with Crippen molar-refractivity contribution in [1.82, 2.24) is 0 Å². The van der Waals surface area contributed by atoms with Crippen molar-refractivity contribution in [2.24, 2.45) is 0 Å². The van der Waals surface area contributed by atoms with E-state index < -0.39 is 0 Å². The summed E-state index contributed by atoms with van der Waals surface area (Å²) in [5.74, 6) is 0. The Balaban J connectivity index is 3.20. The van der Waals surface area contributed by atoms with Crippen molar-refractivity contribution in [1.29, 1.82) is 0 Å². The van der Waals surface area contributed by atoms with E-state index in [9.17, 15) is 10.1 Å². The Hall–Kier alpha value is -0.585. The van der Waals surface area contributed by atoms with Gasteiger partial charge in [-0.15, -0.1) is 0 Å². The predicted octanol–water partition coefficient (Wildman–Crippen LogP) is 0.458. The summed E-state index contributed by atoms with van der Waals surface area (Å²) in [5.41, 5.74) is 1.22. The Kier molecular flexibility index (Phi) is 2.48. The number of halogens is 1. The second-order valence-electron chi connectivity index (χ2n) is 2.21. The summed E-state index contributed by atoms with van der Waals surface area (Å²) in [5, 5.41) is 10.3. The first-order valence-electron chi connectivity index (χ1n) is 3.02. The van der Waals surface area contributed by atoms with Crippen LogP contribution in [0.4, 0.5) is 5.69 Å². The highest BCUT2D eigenvalue weighted by molar-refractivity contribution is 14.1. The van der Waals surface area contributed by atoms with Crippen molar-refractivity contribution >= 4 is 41.6 Å². The first kappa shape index (κ1) is 8.51. The van der Waals surface area contributed by atoms with Crippen molar-refractivity contribution < 1.29 is 4.92 Å². The molecule has 0 N–H and O–H groups in total. The quantitative estimate of drug-likeness (QED) is 0.319. The van der Waals surface area contributed by atoms with E-state index in [1.807, 2.05) is 30.4 Å². The third-order valence-electron chi connectivity index (χ3n) is 1.30. The molecule has 3 nitrogen and oxygen atoms in total. The molecular weight excluding hydrogens is 256 g/mol. The van der Waals surface area contributed by atoms with Gasteiger partial charge in [0, 0.05) is 6.07 Å². The van der Waals surface area contributed by atoms with Crippen LogP contribution in [0, 0.1) is 13.7 Å². The minimum absolute atomic E-state index is 0.177. The molecule has 1 rings (SSSR count). The lowest BCUT2D eigenvalue weighted by atomic mass is 9.96. The summed E-state index contributed by atoms with van der Waals surface area (Å²) in [6.45, 7) is 0. The molecule has 0 aliphatic carbocycles. The van der Waals surface area contributed by atoms with Crippen LogP contribution >= 0.6 is 22.6 Å². The van der Waals surface area contributed by atoms with Gasteiger partial charge < -0.3 is 0 Å². The average Bonchev–Trinajstić information content (AvgIpc) is 1.85. The van der Waals surface area contributed by atoms with E-state index in [0.29, 0.717) is 3.57 Å². The summed E-state index contributed by atoms with van der Waals surface area (Å²) >= 11 is 1.96. The minimum Gasteiger partial charge on any atom is -0.258 e. The number of nitro groups is 1. The predicted molar refractivity (Wildman–Crippen MR) is 54.0 cm³/mol. The second kappa shape index (κ2) is 3.21. The molecule has 0 fully saturated rings. The Morgan fingerprint density at radius 2 is 2.18 bits per heavy atom. The number of benzene rings is 1. The maximum atomic E-state index is 10.3. The highest BCUT2D eigenvalue weighted by atomic mass is 127. The lowest BCUT2D eigenvalue weighted by Crippen LogP contribution is -2.03. The van der Waals surface area contributed by atoms with Gasteiger partial charge in [-0.3, -0.25) is 10.1 Å². The molecule has 0 atom stereocenters. The first-order valence-corrected chi connectivity index (χ1v) is 4.09. The lowest BCUT2D eigenvalue weighted by Gasteiger charge is -1.95. The molecule has 5 heteroatoms. The standard InChI is InChI=1S/C6H5BINO2/c7-4-1-2-6(9(10)11)5(8)3-4/h1-3H,7H2. The second-order valence-corrected chi connectivity index (χ2v) is 3.37. The van der Waals surface area contributed by atoms with Gasteiger partial charge in [0.15, 0.2) is 0 Å². The third kappa shape index (κ3) is 1.92. The van der Waals surface area contributed by atoms with E-state index >= 15 is 0 Å². The van der Waals surface area contributed by atoms with Crippen molar-refractivity contribution in [2.45, 2.75) is 0 Å². The summed E-state index contributed by atoms with van der Waals surface area (Å²) < 4.78 is 0.688. The molecule has 0 aliphatic rings. The van der Waals surface area contributed by atoms with Gasteiger partial charge in [-0.05, 0) is 28.7 Å². The smallest absolute Gasteiger partial charge is 0.258 e. The van der Waals surface area contributed by atoms with Crippen LogP contribution in [0.15, 0.2) is 18.2 Å². The summed E-state index contributed by atoms with van der Waals surface area (Å²) in [7, 11) is 1.91. The molecule has 0 aromatic heterocycles. The van der Waals surface area contributed by atoms with Crippen LogP contribution in [0.25, 0.3) is 0 Å². The normalized spacial score (nSPS) is 9.55. The minimum atomic E-state index is -0.374. The Morgan fingerprint density at radius 3 is 2.64 bits per heavy atom. The van der Waals surface area contributed by atoms with Crippen molar-refractivity contribution in [2.75, 3.05) is 0 Å². The molecule has 0 aliphatic heterocycles. The number of hydrogen-bond acceptors (Lipinski definition) is 2. The maximum absolute atomic E-state index is 10.3. The van der Waals surface area contributed by atoms with Crippen LogP contribution in [0.5, 0.6) is 0 Å². The molecule has 11 heavy (non-hydrogen) atoms. The zero-order chi connectivity index (χ0) is 8.43. The van der Waals surface area contributed by atoms with Crippen LogP contribution < -0.4 is 5.46 Å².